The van der Waals surface area contributed by atoms with Gasteiger partial charge in [-0.15, -0.1) is 0 Å². The molecular weight excluding hydrogens is 256 g/mol. The first-order valence-electron chi connectivity index (χ1n) is 6.82. The second-order valence-electron chi connectivity index (χ2n) is 5.12. The van der Waals surface area contributed by atoms with Crippen LogP contribution in [0, 0.1) is 5.92 Å². The zero-order chi connectivity index (χ0) is 14.7. The molecule has 20 heavy (non-hydrogen) atoms. The highest BCUT2D eigenvalue weighted by molar-refractivity contribution is 6.21. The molecule has 5 heteroatoms. The molecule has 1 aliphatic rings. The van der Waals surface area contributed by atoms with Crippen LogP contribution in [-0.4, -0.2) is 22.7 Å². The lowest BCUT2D eigenvalue weighted by Gasteiger charge is -2.16. The van der Waals surface area contributed by atoms with Crippen LogP contribution in [0.3, 0.4) is 0 Å². The third kappa shape index (κ3) is 2.71. The van der Waals surface area contributed by atoms with Crippen LogP contribution in [0.25, 0.3) is 0 Å². The van der Waals surface area contributed by atoms with E-state index >= 15 is 0 Å². The number of hydrogen-bond donors (Lipinski definition) is 1. The van der Waals surface area contributed by atoms with Crippen molar-refractivity contribution >= 4 is 17.7 Å². The Morgan fingerprint density at radius 3 is 2.25 bits per heavy atom. The Hall–Kier alpha value is -2.17. The molecule has 0 bridgehead atoms. The fourth-order valence-electron chi connectivity index (χ4n) is 2.37. The van der Waals surface area contributed by atoms with E-state index in [9.17, 15) is 14.4 Å². The molecule has 1 aliphatic heterocycles. The lowest BCUT2D eigenvalue weighted by Crippen LogP contribution is -2.46. The number of imide groups is 1. The summed E-state index contributed by atoms with van der Waals surface area (Å²) in [5, 5.41) is 0.811. The Kier molecular flexibility index (Phi) is 4.17. The molecule has 1 aromatic rings. The number of hydrazine groups is 1. The van der Waals surface area contributed by atoms with Gasteiger partial charge in [0.1, 0.15) is 0 Å². The number of fused-ring (bicyclic) bond motifs is 1. The highest BCUT2D eigenvalue weighted by atomic mass is 16.2. The zero-order valence-corrected chi connectivity index (χ0v) is 11.7. The summed E-state index contributed by atoms with van der Waals surface area (Å²) in [6, 6.07) is 6.56. The first-order chi connectivity index (χ1) is 9.54. The van der Waals surface area contributed by atoms with Crippen LogP contribution in [0.5, 0.6) is 0 Å². The molecule has 5 nitrogen and oxygen atoms in total. The minimum absolute atomic E-state index is 0.232. The molecule has 0 aromatic heterocycles. The Morgan fingerprint density at radius 1 is 1.20 bits per heavy atom. The van der Waals surface area contributed by atoms with Gasteiger partial charge in [0.05, 0.1) is 11.1 Å². The number of rotatable bonds is 5. The molecule has 0 radical (unpaired) electrons. The van der Waals surface area contributed by atoms with E-state index in [0.29, 0.717) is 17.5 Å². The summed E-state index contributed by atoms with van der Waals surface area (Å²) in [5.74, 6) is -1.01. The van der Waals surface area contributed by atoms with Crippen molar-refractivity contribution in [1.29, 1.82) is 0 Å². The monoisotopic (exact) mass is 274 g/mol. The van der Waals surface area contributed by atoms with Crippen molar-refractivity contribution in [2.45, 2.75) is 33.1 Å². The topological polar surface area (TPSA) is 66.5 Å². The van der Waals surface area contributed by atoms with Crippen molar-refractivity contribution in [2.75, 3.05) is 0 Å². The van der Waals surface area contributed by atoms with Gasteiger partial charge in [-0.2, -0.15) is 5.01 Å². The molecule has 1 N–H and O–H groups in total. The van der Waals surface area contributed by atoms with Crippen LogP contribution >= 0.6 is 0 Å². The average molecular weight is 274 g/mol. The second-order valence-corrected chi connectivity index (χ2v) is 5.12. The van der Waals surface area contributed by atoms with Crippen LogP contribution < -0.4 is 5.43 Å². The fraction of sp³-hybridized carbons (Fsp3) is 0.400. The van der Waals surface area contributed by atoms with Gasteiger partial charge in [-0.05, 0) is 18.1 Å². The van der Waals surface area contributed by atoms with Gasteiger partial charge >= 0.3 is 0 Å². The molecular formula is C15H18N2O3. The highest BCUT2D eigenvalue weighted by Gasteiger charge is 2.36. The molecule has 0 aliphatic carbocycles. The second kappa shape index (κ2) is 5.86. The Bertz CT molecular complexity index is 519. The normalized spacial score (nSPS) is 15.2. The van der Waals surface area contributed by atoms with E-state index in [4.69, 9.17) is 0 Å². The van der Waals surface area contributed by atoms with E-state index in [1.54, 1.807) is 24.3 Å². The van der Waals surface area contributed by atoms with Gasteiger partial charge in [-0.25, -0.2) is 0 Å². The first-order valence-corrected chi connectivity index (χ1v) is 6.82. The number of carbonyl (C=O) groups is 3. The van der Waals surface area contributed by atoms with E-state index in [2.05, 4.69) is 12.3 Å². The van der Waals surface area contributed by atoms with Crippen molar-refractivity contribution in [3.8, 4) is 0 Å². The van der Waals surface area contributed by atoms with Crippen molar-refractivity contribution < 1.29 is 14.4 Å². The number of carbonyl (C=O) groups excluding carboxylic acids is 3. The van der Waals surface area contributed by atoms with Gasteiger partial charge in [0.15, 0.2) is 0 Å². The molecule has 3 amide bonds. The lowest BCUT2D eigenvalue weighted by molar-refractivity contribution is -0.125. The van der Waals surface area contributed by atoms with Gasteiger partial charge in [-0.1, -0.05) is 38.8 Å². The van der Waals surface area contributed by atoms with Gasteiger partial charge in [0, 0.05) is 6.42 Å². The Balaban J connectivity index is 2.04. The molecule has 0 saturated carbocycles. The number of hydrogen-bond acceptors (Lipinski definition) is 3. The molecule has 2 rings (SSSR count). The average Bonchev–Trinajstić information content (AvgIpc) is 2.65. The molecule has 0 unspecified atom stereocenters. The smallest absolute Gasteiger partial charge is 0.273 e. The van der Waals surface area contributed by atoms with Crippen molar-refractivity contribution in [1.82, 2.24) is 10.4 Å². The van der Waals surface area contributed by atoms with Gasteiger partial charge in [-0.3, -0.25) is 19.8 Å². The van der Waals surface area contributed by atoms with Crippen molar-refractivity contribution in [3.63, 3.8) is 0 Å². The van der Waals surface area contributed by atoms with Crippen LogP contribution in [0.4, 0.5) is 0 Å². The van der Waals surface area contributed by atoms with E-state index in [0.717, 1.165) is 17.9 Å². The standard InChI is InChI=1S/C15H18N2O3/c1-3-6-10(2)9-13(18)16-17-14(19)11-7-4-5-8-12(11)15(17)20/h4-5,7-8,10H,3,6,9H2,1-2H3,(H,16,18)/t10-/m1/s1. The van der Waals surface area contributed by atoms with Crippen molar-refractivity contribution in [2.24, 2.45) is 5.92 Å². The third-order valence-corrected chi connectivity index (χ3v) is 3.35. The van der Waals surface area contributed by atoms with Gasteiger partial charge in [0.25, 0.3) is 11.8 Å². The summed E-state index contributed by atoms with van der Waals surface area (Å²) in [5.41, 5.74) is 3.08. The molecule has 1 aromatic carbocycles. The first kappa shape index (κ1) is 14.2. The maximum atomic E-state index is 12.0. The van der Waals surface area contributed by atoms with Crippen LogP contribution in [0.2, 0.25) is 0 Å². The molecule has 1 atom stereocenters. The Labute approximate surface area is 117 Å². The van der Waals surface area contributed by atoms with E-state index in [1.807, 2.05) is 6.92 Å². The van der Waals surface area contributed by atoms with Crippen molar-refractivity contribution in [3.05, 3.63) is 35.4 Å². The molecule has 1 heterocycles. The van der Waals surface area contributed by atoms with E-state index in [-0.39, 0.29) is 11.8 Å². The molecule has 0 spiro atoms. The summed E-state index contributed by atoms with van der Waals surface area (Å²) < 4.78 is 0. The summed E-state index contributed by atoms with van der Waals surface area (Å²) in [6.45, 7) is 4.03. The highest BCUT2D eigenvalue weighted by Crippen LogP contribution is 2.21. The quantitative estimate of drug-likeness (QED) is 0.836. The fourth-order valence-corrected chi connectivity index (χ4v) is 2.37. The molecule has 0 fully saturated rings. The minimum atomic E-state index is -0.470. The maximum absolute atomic E-state index is 12.0. The predicted molar refractivity (Wildman–Crippen MR) is 73.8 cm³/mol. The zero-order valence-electron chi connectivity index (χ0n) is 11.7. The third-order valence-electron chi connectivity index (χ3n) is 3.35. The minimum Gasteiger partial charge on any atom is -0.273 e. The maximum Gasteiger partial charge on any atom is 0.280 e. The Morgan fingerprint density at radius 2 is 1.75 bits per heavy atom. The van der Waals surface area contributed by atoms with Gasteiger partial charge < -0.3 is 0 Å². The van der Waals surface area contributed by atoms with Crippen LogP contribution in [0.15, 0.2) is 24.3 Å². The number of benzene rings is 1. The van der Waals surface area contributed by atoms with Crippen LogP contribution in [-0.2, 0) is 4.79 Å². The largest absolute Gasteiger partial charge is 0.280 e. The predicted octanol–water partition coefficient (Wildman–Crippen LogP) is 2.14. The SMILES string of the molecule is CCC[C@@H](C)CC(=O)NN1C(=O)c2ccccc2C1=O. The molecule has 106 valence electrons. The lowest BCUT2D eigenvalue weighted by atomic mass is 10.0. The number of nitrogens with zero attached hydrogens (tertiary/aromatic N) is 1. The number of amides is 3. The van der Waals surface area contributed by atoms with E-state index in [1.165, 1.54) is 0 Å². The van der Waals surface area contributed by atoms with Crippen LogP contribution in [0.1, 0.15) is 53.8 Å². The number of nitrogens with one attached hydrogen (secondary N) is 1. The van der Waals surface area contributed by atoms with Gasteiger partial charge in [0.2, 0.25) is 5.91 Å². The summed E-state index contributed by atoms with van der Waals surface area (Å²) in [6.07, 6.45) is 2.25. The molecule has 0 saturated heterocycles. The summed E-state index contributed by atoms with van der Waals surface area (Å²) >= 11 is 0. The van der Waals surface area contributed by atoms with E-state index < -0.39 is 11.8 Å². The summed E-state index contributed by atoms with van der Waals surface area (Å²) in [7, 11) is 0. The summed E-state index contributed by atoms with van der Waals surface area (Å²) in [4.78, 5) is 36.0.